The summed E-state index contributed by atoms with van der Waals surface area (Å²) in [5.41, 5.74) is 8.79. The van der Waals surface area contributed by atoms with Crippen molar-refractivity contribution in [1.82, 2.24) is 4.98 Å². The average Bonchev–Trinajstić information content (AvgIpc) is 2.72. The quantitative estimate of drug-likeness (QED) is 0.757. The highest BCUT2D eigenvalue weighted by atomic mass is 16.4. The van der Waals surface area contributed by atoms with E-state index in [1.807, 2.05) is 38.2 Å². The molecular formula is C13H16N2O2. The first kappa shape index (κ1) is 11.7. The van der Waals surface area contributed by atoms with Crippen molar-refractivity contribution in [3.63, 3.8) is 0 Å². The van der Waals surface area contributed by atoms with Crippen LogP contribution in [-0.2, 0) is 4.79 Å². The van der Waals surface area contributed by atoms with Crippen molar-refractivity contribution in [2.24, 2.45) is 5.73 Å². The zero-order valence-electron chi connectivity index (χ0n) is 9.90. The Morgan fingerprint density at radius 3 is 2.82 bits per heavy atom. The topological polar surface area (TPSA) is 79.1 Å². The van der Waals surface area contributed by atoms with Gasteiger partial charge >= 0.3 is 5.97 Å². The Balaban J connectivity index is 2.52. The minimum Gasteiger partial charge on any atom is -0.480 e. The maximum Gasteiger partial charge on any atom is 0.321 e. The predicted octanol–water partition coefficient (Wildman–Crippen LogP) is 1.99. The van der Waals surface area contributed by atoms with Gasteiger partial charge in [0.05, 0.1) is 0 Å². The number of H-pyrrole nitrogens is 1. The number of carboxylic acids is 1. The summed E-state index contributed by atoms with van der Waals surface area (Å²) in [4.78, 5) is 14.1. The van der Waals surface area contributed by atoms with Gasteiger partial charge in [0.15, 0.2) is 0 Å². The van der Waals surface area contributed by atoms with Crippen LogP contribution in [0.3, 0.4) is 0 Å². The van der Waals surface area contributed by atoms with Gasteiger partial charge in [0.2, 0.25) is 0 Å². The zero-order valence-corrected chi connectivity index (χ0v) is 9.90. The molecule has 0 saturated carbocycles. The predicted molar refractivity (Wildman–Crippen MR) is 67.1 cm³/mol. The second kappa shape index (κ2) is 4.22. The van der Waals surface area contributed by atoms with Gasteiger partial charge in [-0.05, 0) is 24.1 Å². The molecule has 4 heteroatoms. The van der Waals surface area contributed by atoms with Crippen molar-refractivity contribution < 1.29 is 9.90 Å². The third-order valence-corrected chi connectivity index (χ3v) is 3.26. The Morgan fingerprint density at radius 1 is 1.47 bits per heavy atom. The number of rotatable bonds is 3. The second-order valence-electron chi connectivity index (χ2n) is 4.39. The van der Waals surface area contributed by atoms with E-state index in [1.165, 1.54) is 0 Å². The molecule has 90 valence electrons. The average molecular weight is 232 g/mol. The summed E-state index contributed by atoms with van der Waals surface area (Å²) in [5.74, 6) is -1.19. The Labute approximate surface area is 99.4 Å². The monoisotopic (exact) mass is 232 g/mol. The smallest absolute Gasteiger partial charge is 0.321 e. The molecule has 1 heterocycles. The van der Waals surface area contributed by atoms with Crippen molar-refractivity contribution >= 4 is 16.9 Å². The fourth-order valence-corrected chi connectivity index (χ4v) is 2.17. The molecule has 2 atom stereocenters. The first-order valence-corrected chi connectivity index (χ1v) is 5.57. The fourth-order valence-electron chi connectivity index (χ4n) is 2.17. The lowest BCUT2D eigenvalue weighted by molar-refractivity contribution is -0.138. The number of fused-ring (bicyclic) bond motifs is 1. The highest BCUT2D eigenvalue weighted by molar-refractivity contribution is 5.88. The van der Waals surface area contributed by atoms with E-state index in [0.29, 0.717) is 0 Å². The number of carboxylic acid groups (broad SMARTS) is 1. The number of aliphatic carboxylic acids is 1. The molecule has 0 aliphatic heterocycles. The maximum atomic E-state index is 10.9. The van der Waals surface area contributed by atoms with Gasteiger partial charge in [-0.2, -0.15) is 0 Å². The number of aryl methyl sites for hydroxylation is 1. The Kier molecular flexibility index (Phi) is 2.90. The van der Waals surface area contributed by atoms with E-state index in [4.69, 9.17) is 10.8 Å². The summed E-state index contributed by atoms with van der Waals surface area (Å²) >= 11 is 0. The molecule has 1 aromatic carbocycles. The summed E-state index contributed by atoms with van der Waals surface area (Å²) in [6.45, 7) is 3.85. The van der Waals surface area contributed by atoms with E-state index >= 15 is 0 Å². The van der Waals surface area contributed by atoms with Crippen LogP contribution in [0.2, 0.25) is 0 Å². The van der Waals surface area contributed by atoms with Crippen molar-refractivity contribution in [1.29, 1.82) is 0 Å². The molecule has 0 amide bonds. The van der Waals surface area contributed by atoms with E-state index in [2.05, 4.69) is 4.98 Å². The largest absolute Gasteiger partial charge is 0.480 e. The summed E-state index contributed by atoms with van der Waals surface area (Å²) in [5, 5.41) is 10.0. The third-order valence-electron chi connectivity index (χ3n) is 3.26. The highest BCUT2D eigenvalue weighted by Gasteiger charge is 2.24. The van der Waals surface area contributed by atoms with Crippen LogP contribution in [0.1, 0.15) is 24.0 Å². The van der Waals surface area contributed by atoms with Crippen LogP contribution in [0.15, 0.2) is 24.4 Å². The van der Waals surface area contributed by atoms with E-state index in [1.54, 1.807) is 0 Å². The summed E-state index contributed by atoms with van der Waals surface area (Å²) in [6.07, 6.45) is 1.85. The van der Waals surface area contributed by atoms with Gasteiger partial charge in [-0.3, -0.25) is 4.79 Å². The molecule has 0 aliphatic rings. The Bertz CT molecular complexity index is 560. The van der Waals surface area contributed by atoms with E-state index in [-0.39, 0.29) is 5.92 Å². The molecule has 0 radical (unpaired) electrons. The molecule has 1 aromatic heterocycles. The minimum atomic E-state index is -0.972. The van der Waals surface area contributed by atoms with E-state index < -0.39 is 12.0 Å². The van der Waals surface area contributed by atoms with Crippen LogP contribution >= 0.6 is 0 Å². The Hall–Kier alpha value is -1.81. The zero-order chi connectivity index (χ0) is 12.6. The lowest BCUT2D eigenvalue weighted by Gasteiger charge is -2.15. The molecule has 2 aromatic rings. The molecule has 0 spiro atoms. The lowest BCUT2D eigenvalue weighted by Crippen LogP contribution is -2.35. The molecule has 0 fully saturated rings. The molecule has 17 heavy (non-hydrogen) atoms. The number of hydrogen-bond donors (Lipinski definition) is 3. The van der Waals surface area contributed by atoms with Crippen LogP contribution in [-0.4, -0.2) is 22.1 Å². The number of benzene rings is 1. The van der Waals surface area contributed by atoms with Crippen molar-refractivity contribution in [2.75, 3.05) is 0 Å². The third kappa shape index (κ3) is 1.91. The fraction of sp³-hybridized carbons (Fsp3) is 0.308. The standard InChI is InChI=1S/C13H16N2O2/c1-7-4-3-5-10-11(7)9(6-15-10)8(2)12(14)13(16)17/h3-6,8,12,15H,14H2,1-2H3,(H,16,17)/t8-,12-/m0/s1. The highest BCUT2D eigenvalue weighted by Crippen LogP contribution is 2.29. The number of nitrogens with one attached hydrogen (secondary N) is 1. The first-order chi connectivity index (χ1) is 8.02. The normalized spacial score (nSPS) is 14.8. The van der Waals surface area contributed by atoms with E-state index in [9.17, 15) is 4.79 Å². The molecule has 2 rings (SSSR count). The number of aromatic amines is 1. The molecule has 0 saturated heterocycles. The van der Waals surface area contributed by atoms with Crippen LogP contribution in [0, 0.1) is 6.92 Å². The number of nitrogens with two attached hydrogens (primary N) is 1. The van der Waals surface area contributed by atoms with Gasteiger partial charge in [0.1, 0.15) is 6.04 Å². The van der Waals surface area contributed by atoms with Gasteiger partial charge in [-0.25, -0.2) is 0 Å². The first-order valence-electron chi connectivity index (χ1n) is 5.57. The van der Waals surface area contributed by atoms with E-state index in [0.717, 1.165) is 22.0 Å². The number of carbonyl (C=O) groups is 1. The Morgan fingerprint density at radius 2 is 2.18 bits per heavy atom. The van der Waals surface area contributed by atoms with Crippen LogP contribution in [0.4, 0.5) is 0 Å². The van der Waals surface area contributed by atoms with Gasteiger partial charge < -0.3 is 15.8 Å². The van der Waals surface area contributed by atoms with Gasteiger partial charge in [-0.15, -0.1) is 0 Å². The molecule has 0 bridgehead atoms. The number of aromatic nitrogens is 1. The SMILES string of the molecule is Cc1cccc2[nH]cc([C@H](C)[C@H](N)C(=O)O)c12. The molecule has 4 nitrogen and oxygen atoms in total. The van der Waals surface area contributed by atoms with Gasteiger partial charge in [-0.1, -0.05) is 19.1 Å². The minimum absolute atomic E-state index is 0.220. The number of hydrogen-bond acceptors (Lipinski definition) is 2. The van der Waals surface area contributed by atoms with Gasteiger partial charge in [0.25, 0.3) is 0 Å². The summed E-state index contributed by atoms with van der Waals surface area (Å²) in [6, 6.07) is 5.08. The molecule has 0 unspecified atom stereocenters. The van der Waals surface area contributed by atoms with Crippen molar-refractivity contribution in [3.05, 3.63) is 35.5 Å². The summed E-state index contributed by atoms with van der Waals surface area (Å²) < 4.78 is 0. The van der Waals surface area contributed by atoms with Crippen LogP contribution in [0.5, 0.6) is 0 Å². The lowest BCUT2D eigenvalue weighted by atomic mass is 9.92. The van der Waals surface area contributed by atoms with Crippen LogP contribution in [0.25, 0.3) is 10.9 Å². The van der Waals surface area contributed by atoms with Crippen molar-refractivity contribution in [2.45, 2.75) is 25.8 Å². The maximum absolute atomic E-state index is 10.9. The van der Waals surface area contributed by atoms with Crippen LogP contribution < -0.4 is 5.73 Å². The van der Waals surface area contributed by atoms with Gasteiger partial charge in [0, 0.05) is 23.0 Å². The molecule has 4 N–H and O–H groups in total. The summed E-state index contributed by atoms with van der Waals surface area (Å²) in [7, 11) is 0. The second-order valence-corrected chi connectivity index (χ2v) is 4.39. The molecule has 0 aliphatic carbocycles. The molecular weight excluding hydrogens is 216 g/mol. The van der Waals surface area contributed by atoms with Crippen molar-refractivity contribution in [3.8, 4) is 0 Å².